The molecule has 0 saturated carbocycles. The van der Waals surface area contributed by atoms with Crippen molar-refractivity contribution in [2.24, 2.45) is 0 Å². The summed E-state index contributed by atoms with van der Waals surface area (Å²) in [6, 6.07) is 25.9. The van der Waals surface area contributed by atoms with Crippen molar-refractivity contribution in [3.63, 3.8) is 0 Å². The first kappa shape index (κ1) is 14.1. The number of rotatable bonds is 0. The SMILES string of the molecule is C1=POC2=c3ccccc3=C3c4ccccc4-c4ccccc4N3C2=C1. The zero-order valence-corrected chi connectivity index (χ0v) is 14.8. The third-order valence-electron chi connectivity index (χ3n) is 5.18. The zero-order valence-electron chi connectivity index (χ0n) is 13.9. The molecule has 0 bridgehead atoms. The first-order valence-corrected chi connectivity index (χ1v) is 9.55. The Bertz CT molecular complexity index is 1270. The quantitative estimate of drug-likeness (QED) is 0.567. The van der Waals surface area contributed by atoms with Gasteiger partial charge in [0.25, 0.3) is 0 Å². The lowest BCUT2D eigenvalue weighted by Crippen LogP contribution is -2.43. The van der Waals surface area contributed by atoms with Gasteiger partial charge in [0.15, 0.2) is 5.76 Å². The smallest absolute Gasteiger partial charge is 0.163 e. The number of hydrogen-bond acceptors (Lipinski definition) is 2. The van der Waals surface area contributed by atoms with Gasteiger partial charge in [-0.05, 0) is 17.7 Å². The third-order valence-corrected chi connectivity index (χ3v) is 5.74. The fourth-order valence-electron chi connectivity index (χ4n) is 4.13. The van der Waals surface area contributed by atoms with Crippen molar-refractivity contribution < 1.29 is 4.52 Å². The van der Waals surface area contributed by atoms with Crippen LogP contribution in [0.1, 0.15) is 5.56 Å². The molecule has 3 aromatic carbocycles. The Morgan fingerprint density at radius 1 is 0.692 bits per heavy atom. The molecule has 3 aromatic rings. The van der Waals surface area contributed by atoms with Gasteiger partial charge in [-0.1, -0.05) is 66.7 Å². The molecule has 6 rings (SSSR count). The molecule has 0 saturated heterocycles. The summed E-state index contributed by atoms with van der Waals surface area (Å²) in [5.41, 5.74) is 7.36. The molecule has 26 heavy (non-hydrogen) atoms. The lowest BCUT2D eigenvalue weighted by Gasteiger charge is -2.39. The molecule has 122 valence electrons. The number of para-hydroxylation sites is 1. The van der Waals surface area contributed by atoms with Crippen LogP contribution in [0, 0.1) is 0 Å². The Labute approximate surface area is 152 Å². The van der Waals surface area contributed by atoms with Gasteiger partial charge in [0.05, 0.1) is 17.1 Å². The lowest BCUT2D eigenvalue weighted by molar-refractivity contribution is 0.586. The highest BCUT2D eigenvalue weighted by Gasteiger charge is 2.34. The summed E-state index contributed by atoms with van der Waals surface area (Å²) >= 11 is 0. The van der Waals surface area contributed by atoms with Gasteiger partial charge in [-0.2, -0.15) is 0 Å². The van der Waals surface area contributed by atoms with Crippen LogP contribution in [-0.4, -0.2) is 5.80 Å². The Morgan fingerprint density at radius 3 is 2.27 bits per heavy atom. The molecule has 0 aliphatic carbocycles. The topological polar surface area (TPSA) is 12.5 Å². The first-order chi connectivity index (χ1) is 12.9. The molecule has 3 aliphatic heterocycles. The highest BCUT2D eigenvalue weighted by Crippen LogP contribution is 2.47. The summed E-state index contributed by atoms with van der Waals surface area (Å²) in [7, 11) is 0.872. The van der Waals surface area contributed by atoms with Crippen molar-refractivity contribution in [3.8, 4) is 11.1 Å². The standard InChI is InChI=1S/C23H14NOP/c1-2-9-17-15(7-1)16-8-5-6-12-20(16)24-21-13-14-26-25-23(21)19-11-4-3-10-18(19)22(17)24/h1-14H. The Balaban J connectivity index is 1.88. The predicted molar refractivity (Wildman–Crippen MR) is 108 cm³/mol. The molecular weight excluding hydrogens is 337 g/mol. The minimum atomic E-state index is 0.872. The average Bonchev–Trinajstić information content (AvgIpc) is 2.73. The Hall–Kier alpha value is -3.09. The summed E-state index contributed by atoms with van der Waals surface area (Å²) < 4.78 is 6.07. The van der Waals surface area contributed by atoms with Crippen LogP contribution in [0.2, 0.25) is 0 Å². The van der Waals surface area contributed by atoms with Crippen molar-refractivity contribution in [1.82, 2.24) is 0 Å². The number of nitrogens with zero attached hydrogens (tertiary/aromatic N) is 1. The molecule has 0 fully saturated rings. The number of anilines is 1. The Morgan fingerprint density at radius 2 is 1.38 bits per heavy atom. The maximum absolute atomic E-state index is 6.07. The predicted octanol–water partition coefficient (Wildman–Crippen LogP) is 4.03. The molecule has 3 heteroatoms. The van der Waals surface area contributed by atoms with Crippen LogP contribution in [0.15, 0.2) is 84.6 Å². The minimum Gasteiger partial charge on any atom is -0.437 e. The van der Waals surface area contributed by atoms with Gasteiger partial charge in [-0.15, -0.1) is 0 Å². The second-order valence-electron chi connectivity index (χ2n) is 6.52. The van der Waals surface area contributed by atoms with E-state index in [1.165, 1.54) is 38.5 Å². The van der Waals surface area contributed by atoms with Crippen LogP contribution in [0.4, 0.5) is 5.69 Å². The van der Waals surface area contributed by atoms with E-state index in [-0.39, 0.29) is 0 Å². The number of hydrogen-bond donors (Lipinski definition) is 0. The molecule has 0 unspecified atom stereocenters. The van der Waals surface area contributed by atoms with Crippen molar-refractivity contribution >= 4 is 31.4 Å². The molecule has 0 atom stereocenters. The summed E-state index contributed by atoms with van der Waals surface area (Å²) in [5.74, 6) is 3.02. The lowest BCUT2D eigenvalue weighted by atomic mass is 9.87. The fraction of sp³-hybridized carbons (Fsp3) is 0. The van der Waals surface area contributed by atoms with E-state index in [0.29, 0.717) is 0 Å². The van der Waals surface area contributed by atoms with Crippen molar-refractivity contribution in [1.29, 1.82) is 0 Å². The van der Waals surface area contributed by atoms with Crippen LogP contribution < -0.4 is 15.3 Å². The monoisotopic (exact) mass is 351 g/mol. The fourth-order valence-corrected chi connectivity index (χ4v) is 4.70. The van der Waals surface area contributed by atoms with Gasteiger partial charge in [0.1, 0.15) is 8.43 Å². The second kappa shape index (κ2) is 5.20. The van der Waals surface area contributed by atoms with Crippen molar-refractivity contribution in [2.45, 2.75) is 0 Å². The molecule has 3 heterocycles. The van der Waals surface area contributed by atoms with Gasteiger partial charge >= 0.3 is 0 Å². The summed E-state index contributed by atoms with van der Waals surface area (Å²) in [6.45, 7) is 0. The van der Waals surface area contributed by atoms with Crippen LogP contribution >= 0.6 is 8.43 Å². The molecule has 0 spiro atoms. The van der Waals surface area contributed by atoms with Crippen LogP contribution in [0.25, 0.3) is 22.6 Å². The molecule has 0 radical (unpaired) electrons. The second-order valence-corrected chi connectivity index (χ2v) is 7.21. The highest BCUT2D eigenvalue weighted by molar-refractivity contribution is 7.34. The summed E-state index contributed by atoms with van der Waals surface area (Å²) in [4.78, 5) is 2.36. The van der Waals surface area contributed by atoms with E-state index < -0.39 is 0 Å². The van der Waals surface area contributed by atoms with Gasteiger partial charge < -0.3 is 9.42 Å². The maximum atomic E-state index is 6.07. The van der Waals surface area contributed by atoms with E-state index in [4.69, 9.17) is 4.52 Å². The molecule has 0 aromatic heterocycles. The van der Waals surface area contributed by atoms with Gasteiger partial charge in [-0.25, -0.2) is 0 Å². The van der Waals surface area contributed by atoms with Crippen LogP contribution in [0.5, 0.6) is 0 Å². The van der Waals surface area contributed by atoms with E-state index in [9.17, 15) is 0 Å². The van der Waals surface area contributed by atoms with Crippen LogP contribution in [0.3, 0.4) is 0 Å². The molecule has 3 aliphatic rings. The summed E-state index contributed by atoms with van der Waals surface area (Å²) in [5, 5.41) is 2.39. The zero-order chi connectivity index (χ0) is 17.1. The van der Waals surface area contributed by atoms with E-state index in [1.54, 1.807) is 0 Å². The number of fused-ring (bicyclic) bond motifs is 9. The maximum Gasteiger partial charge on any atom is 0.163 e. The minimum absolute atomic E-state index is 0.872. The van der Waals surface area contributed by atoms with E-state index in [2.05, 4.69) is 89.6 Å². The summed E-state index contributed by atoms with van der Waals surface area (Å²) in [6.07, 6.45) is 2.18. The van der Waals surface area contributed by atoms with Crippen molar-refractivity contribution in [2.75, 3.05) is 4.90 Å². The van der Waals surface area contributed by atoms with E-state index in [0.717, 1.165) is 19.9 Å². The first-order valence-electron chi connectivity index (χ1n) is 8.67. The van der Waals surface area contributed by atoms with Gasteiger partial charge in [0, 0.05) is 27.4 Å². The van der Waals surface area contributed by atoms with Crippen LogP contribution in [-0.2, 0) is 4.52 Å². The van der Waals surface area contributed by atoms with E-state index in [1.807, 2.05) is 0 Å². The highest BCUT2D eigenvalue weighted by atomic mass is 31.1. The largest absolute Gasteiger partial charge is 0.437 e. The molecule has 0 amide bonds. The normalized spacial score (nSPS) is 16.5. The molecule has 0 N–H and O–H groups in total. The third kappa shape index (κ3) is 1.75. The number of allylic oxidation sites excluding steroid dienone is 1. The molecular formula is C23H14NOP. The average molecular weight is 351 g/mol. The van der Waals surface area contributed by atoms with Crippen molar-refractivity contribution in [3.05, 3.63) is 101 Å². The van der Waals surface area contributed by atoms with E-state index >= 15 is 0 Å². The molecule has 2 nitrogen and oxygen atoms in total. The Kier molecular flexibility index (Phi) is 2.83. The van der Waals surface area contributed by atoms with Gasteiger partial charge in [-0.3, -0.25) is 0 Å². The number of benzene rings is 3. The van der Waals surface area contributed by atoms with Gasteiger partial charge in [0.2, 0.25) is 0 Å².